The smallest absolute Gasteiger partial charge is 0.229 e. The highest BCUT2D eigenvalue weighted by Gasteiger charge is 2.51. The predicted octanol–water partition coefficient (Wildman–Crippen LogP) is -2.26. The fourth-order valence-electron chi connectivity index (χ4n) is 3.87. The standard InChI is InChI=1S/C21H32O13/c1-8-12(23)14(25)16(27)20(31-8)34-19-15(26)13(24)11(7-22)33-21(19)32-10-6-5-9(28-2)17(29-3)18(10)30-4/h5-6,8,11-16,19-27H,7H2,1-4H3. The molecule has 194 valence electrons. The Labute approximate surface area is 195 Å². The summed E-state index contributed by atoms with van der Waals surface area (Å²) in [6, 6.07) is 3.03. The van der Waals surface area contributed by atoms with E-state index in [9.17, 15) is 30.6 Å². The molecule has 0 amide bonds. The van der Waals surface area contributed by atoms with Crippen LogP contribution in [0, 0.1) is 0 Å². The van der Waals surface area contributed by atoms with Gasteiger partial charge in [0, 0.05) is 0 Å². The second-order valence-corrected chi connectivity index (χ2v) is 7.94. The Balaban J connectivity index is 1.91. The quantitative estimate of drug-likeness (QED) is 0.229. The minimum Gasteiger partial charge on any atom is -0.493 e. The van der Waals surface area contributed by atoms with Crippen LogP contribution in [0.3, 0.4) is 0 Å². The van der Waals surface area contributed by atoms with Gasteiger partial charge in [0.05, 0.1) is 34.0 Å². The van der Waals surface area contributed by atoms with Crippen molar-refractivity contribution in [2.24, 2.45) is 0 Å². The second-order valence-electron chi connectivity index (χ2n) is 7.94. The molecule has 2 heterocycles. The maximum atomic E-state index is 10.7. The Morgan fingerprint density at radius 2 is 1.35 bits per heavy atom. The molecule has 0 saturated carbocycles. The highest BCUT2D eigenvalue weighted by molar-refractivity contribution is 5.59. The lowest BCUT2D eigenvalue weighted by Crippen LogP contribution is -2.64. The minimum atomic E-state index is -1.68. The number of hydrogen-bond donors (Lipinski definition) is 6. The average Bonchev–Trinajstić information content (AvgIpc) is 2.84. The van der Waals surface area contributed by atoms with E-state index in [4.69, 9.17) is 33.2 Å². The van der Waals surface area contributed by atoms with Gasteiger partial charge in [0.15, 0.2) is 23.9 Å². The van der Waals surface area contributed by atoms with E-state index in [2.05, 4.69) is 0 Å². The molecule has 2 saturated heterocycles. The number of hydrogen-bond acceptors (Lipinski definition) is 13. The zero-order valence-electron chi connectivity index (χ0n) is 19.2. The Hall–Kier alpha value is -1.94. The molecule has 0 aliphatic carbocycles. The van der Waals surface area contributed by atoms with E-state index in [1.165, 1.54) is 40.4 Å². The van der Waals surface area contributed by atoms with Crippen LogP contribution in [-0.2, 0) is 14.2 Å². The van der Waals surface area contributed by atoms with Crippen LogP contribution in [0.4, 0.5) is 0 Å². The van der Waals surface area contributed by atoms with E-state index >= 15 is 0 Å². The van der Waals surface area contributed by atoms with Crippen LogP contribution in [0.1, 0.15) is 6.92 Å². The normalized spacial score (nSPS) is 38.3. The van der Waals surface area contributed by atoms with Crippen LogP contribution in [0.15, 0.2) is 12.1 Å². The molecule has 10 unspecified atom stereocenters. The van der Waals surface area contributed by atoms with Crippen molar-refractivity contribution in [1.82, 2.24) is 0 Å². The van der Waals surface area contributed by atoms with Crippen molar-refractivity contribution >= 4 is 0 Å². The Morgan fingerprint density at radius 1 is 0.735 bits per heavy atom. The third kappa shape index (κ3) is 5.03. The summed E-state index contributed by atoms with van der Waals surface area (Å²) < 4.78 is 38.6. The number of aliphatic hydroxyl groups is 6. The topological polar surface area (TPSA) is 186 Å². The van der Waals surface area contributed by atoms with Crippen molar-refractivity contribution < 1.29 is 63.8 Å². The first-order chi connectivity index (χ1) is 16.2. The van der Waals surface area contributed by atoms with Crippen LogP contribution >= 0.6 is 0 Å². The van der Waals surface area contributed by atoms with Crippen molar-refractivity contribution in [2.45, 2.75) is 68.3 Å². The lowest BCUT2D eigenvalue weighted by atomic mass is 9.97. The molecule has 1 aromatic carbocycles. The molecule has 0 spiro atoms. The largest absolute Gasteiger partial charge is 0.493 e. The summed E-state index contributed by atoms with van der Waals surface area (Å²) in [5.41, 5.74) is 0. The molecule has 13 nitrogen and oxygen atoms in total. The van der Waals surface area contributed by atoms with Crippen LogP contribution in [-0.4, -0.2) is 120 Å². The molecule has 6 N–H and O–H groups in total. The molecule has 0 radical (unpaired) electrons. The number of aliphatic hydroxyl groups excluding tert-OH is 6. The Kier molecular flexibility index (Phi) is 8.78. The highest BCUT2D eigenvalue weighted by atomic mass is 16.8. The minimum absolute atomic E-state index is 0.0907. The monoisotopic (exact) mass is 492 g/mol. The van der Waals surface area contributed by atoms with Crippen LogP contribution in [0.25, 0.3) is 0 Å². The van der Waals surface area contributed by atoms with Gasteiger partial charge in [-0.05, 0) is 19.1 Å². The number of methoxy groups -OCH3 is 3. The van der Waals surface area contributed by atoms with Gasteiger partial charge in [0.25, 0.3) is 0 Å². The van der Waals surface area contributed by atoms with E-state index in [1.54, 1.807) is 0 Å². The lowest BCUT2D eigenvalue weighted by molar-refractivity contribution is -0.354. The zero-order valence-corrected chi connectivity index (χ0v) is 19.2. The third-order valence-electron chi connectivity index (χ3n) is 5.84. The second kappa shape index (κ2) is 11.2. The van der Waals surface area contributed by atoms with Gasteiger partial charge in [-0.1, -0.05) is 0 Å². The van der Waals surface area contributed by atoms with E-state index in [1.807, 2.05) is 0 Å². The SMILES string of the molecule is COc1ccc(OC2OC(CO)C(O)C(O)C2OC2OC(C)C(O)C(O)C2O)c(OC)c1OC. The Bertz CT molecular complexity index is 807. The van der Waals surface area contributed by atoms with Crippen molar-refractivity contribution in [3.05, 3.63) is 12.1 Å². The molecule has 0 bridgehead atoms. The van der Waals surface area contributed by atoms with Crippen LogP contribution in [0.5, 0.6) is 23.0 Å². The summed E-state index contributed by atoms with van der Waals surface area (Å²) in [5, 5.41) is 61.0. The average molecular weight is 492 g/mol. The van der Waals surface area contributed by atoms with Gasteiger partial charge < -0.3 is 63.8 Å². The molecule has 10 atom stereocenters. The summed E-state index contributed by atoms with van der Waals surface area (Å²) in [6.07, 6.45) is -14.4. The summed E-state index contributed by atoms with van der Waals surface area (Å²) in [6.45, 7) is 0.821. The van der Waals surface area contributed by atoms with Gasteiger partial charge in [-0.25, -0.2) is 0 Å². The molecule has 1 aromatic rings. The lowest BCUT2D eigenvalue weighted by Gasteiger charge is -2.45. The first kappa shape index (κ1) is 26.7. The molecule has 0 aromatic heterocycles. The highest BCUT2D eigenvalue weighted by Crippen LogP contribution is 2.45. The molecule has 13 heteroatoms. The molecular formula is C21H32O13. The summed E-state index contributed by atoms with van der Waals surface area (Å²) in [4.78, 5) is 0. The van der Waals surface area contributed by atoms with Crippen molar-refractivity contribution in [1.29, 1.82) is 0 Å². The molecule has 2 aliphatic rings. The number of ether oxygens (including phenoxy) is 7. The predicted molar refractivity (Wildman–Crippen MR) is 112 cm³/mol. The first-order valence-electron chi connectivity index (χ1n) is 10.6. The van der Waals surface area contributed by atoms with Crippen molar-refractivity contribution in [3.63, 3.8) is 0 Å². The maximum Gasteiger partial charge on any atom is 0.229 e. The molecule has 3 rings (SSSR count). The van der Waals surface area contributed by atoms with Gasteiger partial charge in [-0.2, -0.15) is 0 Å². The molecule has 34 heavy (non-hydrogen) atoms. The number of rotatable bonds is 8. The van der Waals surface area contributed by atoms with E-state index in [0.717, 1.165) is 0 Å². The molecular weight excluding hydrogens is 460 g/mol. The van der Waals surface area contributed by atoms with Gasteiger partial charge in [0.2, 0.25) is 17.8 Å². The Morgan fingerprint density at radius 3 is 1.94 bits per heavy atom. The zero-order chi connectivity index (χ0) is 25.2. The molecule has 2 aliphatic heterocycles. The molecule has 2 fully saturated rings. The summed E-state index contributed by atoms with van der Waals surface area (Å²) in [7, 11) is 4.21. The maximum absolute atomic E-state index is 10.7. The van der Waals surface area contributed by atoms with E-state index < -0.39 is 68.0 Å². The fraction of sp³-hybridized carbons (Fsp3) is 0.714. The van der Waals surface area contributed by atoms with Gasteiger partial charge in [-0.15, -0.1) is 0 Å². The van der Waals surface area contributed by atoms with Crippen molar-refractivity contribution in [2.75, 3.05) is 27.9 Å². The summed E-state index contributed by atoms with van der Waals surface area (Å²) >= 11 is 0. The number of benzene rings is 1. The third-order valence-corrected chi connectivity index (χ3v) is 5.84. The van der Waals surface area contributed by atoms with E-state index in [0.29, 0.717) is 5.75 Å². The van der Waals surface area contributed by atoms with E-state index in [-0.39, 0.29) is 17.2 Å². The van der Waals surface area contributed by atoms with Gasteiger partial charge in [-0.3, -0.25) is 0 Å². The first-order valence-corrected chi connectivity index (χ1v) is 10.6. The van der Waals surface area contributed by atoms with Crippen LogP contribution < -0.4 is 18.9 Å². The fourth-order valence-corrected chi connectivity index (χ4v) is 3.87. The van der Waals surface area contributed by atoms with Crippen molar-refractivity contribution in [3.8, 4) is 23.0 Å². The van der Waals surface area contributed by atoms with Gasteiger partial charge >= 0.3 is 0 Å². The summed E-state index contributed by atoms with van der Waals surface area (Å²) in [5.74, 6) is 0.791. The van der Waals surface area contributed by atoms with Crippen LogP contribution in [0.2, 0.25) is 0 Å². The van der Waals surface area contributed by atoms with Gasteiger partial charge in [0.1, 0.15) is 36.6 Å².